The van der Waals surface area contributed by atoms with Gasteiger partial charge < -0.3 is 10.5 Å². The van der Waals surface area contributed by atoms with E-state index in [0.717, 1.165) is 18.8 Å². The molecular weight excluding hydrogens is 274 g/mol. The van der Waals surface area contributed by atoms with Crippen LogP contribution in [0.1, 0.15) is 39.0 Å². The van der Waals surface area contributed by atoms with Gasteiger partial charge in [0.15, 0.2) is 9.84 Å². The van der Waals surface area contributed by atoms with Crippen molar-refractivity contribution in [2.75, 3.05) is 12.0 Å². The van der Waals surface area contributed by atoms with E-state index in [1.807, 2.05) is 0 Å². The Hall–Kier alpha value is -1.23. The molecule has 2 atom stereocenters. The van der Waals surface area contributed by atoms with Crippen molar-refractivity contribution >= 4 is 15.5 Å². The van der Waals surface area contributed by atoms with Gasteiger partial charge in [0.25, 0.3) is 0 Å². The smallest absolute Gasteiger partial charge is 0.175 e. The van der Waals surface area contributed by atoms with E-state index in [1.165, 1.54) is 31.6 Å². The highest BCUT2D eigenvalue weighted by Gasteiger charge is 2.23. The molecule has 0 aromatic heterocycles. The molecule has 2 unspecified atom stereocenters. The van der Waals surface area contributed by atoms with Crippen LogP contribution in [0.3, 0.4) is 0 Å². The van der Waals surface area contributed by atoms with E-state index in [9.17, 15) is 8.42 Å². The predicted octanol–water partition coefficient (Wildman–Crippen LogP) is 3.02. The number of nitrogen functional groups attached to an aromatic ring is 1. The van der Waals surface area contributed by atoms with E-state index >= 15 is 0 Å². The van der Waals surface area contributed by atoms with Crippen LogP contribution in [0, 0.1) is 5.92 Å². The molecule has 0 radical (unpaired) electrons. The van der Waals surface area contributed by atoms with Crippen LogP contribution in [-0.2, 0) is 9.84 Å². The van der Waals surface area contributed by atoms with Crippen molar-refractivity contribution in [2.45, 2.75) is 50.0 Å². The summed E-state index contributed by atoms with van der Waals surface area (Å²) in [6, 6.07) is 4.70. The molecular formula is C15H23NO3S. The lowest BCUT2D eigenvalue weighted by atomic mass is 9.85. The van der Waals surface area contributed by atoms with Crippen molar-refractivity contribution in [2.24, 2.45) is 5.92 Å². The number of hydrogen-bond donors (Lipinski definition) is 1. The van der Waals surface area contributed by atoms with Crippen LogP contribution < -0.4 is 10.5 Å². The maximum Gasteiger partial charge on any atom is 0.175 e. The lowest BCUT2D eigenvalue weighted by molar-refractivity contribution is 0.123. The minimum atomic E-state index is -3.22. The zero-order valence-electron chi connectivity index (χ0n) is 12.1. The zero-order valence-corrected chi connectivity index (χ0v) is 12.9. The number of nitrogens with two attached hydrogens (primary N) is 1. The molecule has 0 saturated heterocycles. The van der Waals surface area contributed by atoms with Gasteiger partial charge in [-0.3, -0.25) is 0 Å². The normalized spacial score (nSPS) is 23.5. The topological polar surface area (TPSA) is 69.4 Å². The van der Waals surface area contributed by atoms with Crippen LogP contribution in [0.4, 0.5) is 5.69 Å². The first kappa shape index (κ1) is 15.2. The Morgan fingerprint density at radius 3 is 2.70 bits per heavy atom. The Morgan fingerprint density at radius 1 is 1.35 bits per heavy atom. The van der Waals surface area contributed by atoms with E-state index < -0.39 is 9.84 Å². The van der Waals surface area contributed by atoms with E-state index in [-0.39, 0.29) is 11.0 Å². The number of benzene rings is 1. The van der Waals surface area contributed by atoms with Gasteiger partial charge in [-0.05, 0) is 43.4 Å². The number of ether oxygens (including phenoxy) is 1. The summed E-state index contributed by atoms with van der Waals surface area (Å²) in [7, 11) is -3.22. The van der Waals surface area contributed by atoms with Gasteiger partial charge in [-0.15, -0.1) is 0 Å². The Labute approximate surface area is 121 Å². The second kappa shape index (κ2) is 6.04. The van der Waals surface area contributed by atoms with Gasteiger partial charge in [-0.1, -0.05) is 19.8 Å². The van der Waals surface area contributed by atoms with E-state index in [2.05, 4.69) is 6.92 Å². The summed E-state index contributed by atoms with van der Waals surface area (Å²) >= 11 is 0. The van der Waals surface area contributed by atoms with Gasteiger partial charge in [-0.25, -0.2) is 8.42 Å². The quantitative estimate of drug-likeness (QED) is 0.867. The molecule has 5 heteroatoms. The van der Waals surface area contributed by atoms with Gasteiger partial charge in [0.1, 0.15) is 5.75 Å². The van der Waals surface area contributed by atoms with Crippen molar-refractivity contribution in [3.8, 4) is 5.75 Å². The lowest BCUT2D eigenvalue weighted by Gasteiger charge is -2.29. The molecule has 2 rings (SSSR count). The van der Waals surface area contributed by atoms with Crippen LogP contribution >= 0.6 is 0 Å². The molecule has 0 amide bonds. The predicted molar refractivity (Wildman–Crippen MR) is 80.6 cm³/mol. The summed E-state index contributed by atoms with van der Waals surface area (Å²) in [5, 5.41) is 0. The van der Waals surface area contributed by atoms with E-state index in [4.69, 9.17) is 10.5 Å². The summed E-state index contributed by atoms with van der Waals surface area (Å²) in [6.45, 7) is 2.21. The highest BCUT2D eigenvalue weighted by atomic mass is 32.2. The average Bonchev–Trinajstić information content (AvgIpc) is 2.40. The largest absolute Gasteiger partial charge is 0.488 e. The maximum absolute atomic E-state index is 11.5. The molecule has 1 saturated carbocycles. The summed E-state index contributed by atoms with van der Waals surface area (Å²) in [6.07, 6.45) is 7.12. The molecule has 1 aromatic rings. The third kappa shape index (κ3) is 3.66. The first-order valence-corrected chi connectivity index (χ1v) is 9.05. The Kier molecular flexibility index (Phi) is 4.58. The molecule has 2 N–H and O–H groups in total. The molecule has 1 aliphatic carbocycles. The highest BCUT2D eigenvalue weighted by molar-refractivity contribution is 7.90. The van der Waals surface area contributed by atoms with Crippen molar-refractivity contribution in [1.29, 1.82) is 0 Å². The Balaban J connectivity index is 2.10. The summed E-state index contributed by atoms with van der Waals surface area (Å²) in [4.78, 5) is 0.234. The van der Waals surface area contributed by atoms with Gasteiger partial charge in [0.05, 0.1) is 16.7 Å². The monoisotopic (exact) mass is 297 g/mol. The lowest BCUT2D eigenvalue weighted by Crippen LogP contribution is -2.25. The molecule has 0 heterocycles. The Morgan fingerprint density at radius 2 is 2.10 bits per heavy atom. The first-order chi connectivity index (χ1) is 9.40. The fourth-order valence-electron chi connectivity index (χ4n) is 2.76. The maximum atomic E-state index is 11.5. The minimum Gasteiger partial charge on any atom is -0.488 e. The molecule has 0 bridgehead atoms. The SMILES string of the molecule is CCC1CCCC(Oc2ccc(S(C)(=O)=O)cc2N)C1. The molecule has 0 spiro atoms. The number of sulfone groups is 1. The van der Waals surface area contributed by atoms with Crippen LogP contribution in [0.5, 0.6) is 5.75 Å². The van der Waals surface area contributed by atoms with Crippen molar-refractivity contribution in [1.82, 2.24) is 0 Å². The fraction of sp³-hybridized carbons (Fsp3) is 0.600. The van der Waals surface area contributed by atoms with E-state index in [0.29, 0.717) is 11.4 Å². The third-order valence-corrected chi connectivity index (χ3v) is 5.13. The van der Waals surface area contributed by atoms with Crippen molar-refractivity contribution in [3.05, 3.63) is 18.2 Å². The van der Waals surface area contributed by atoms with Crippen LogP contribution in [0.2, 0.25) is 0 Å². The zero-order chi connectivity index (χ0) is 14.8. The Bertz CT molecular complexity index is 568. The van der Waals surface area contributed by atoms with Crippen LogP contribution in [0.25, 0.3) is 0 Å². The molecule has 112 valence electrons. The van der Waals surface area contributed by atoms with Gasteiger partial charge in [0, 0.05) is 6.26 Å². The highest BCUT2D eigenvalue weighted by Crippen LogP contribution is 2.32. The molecule has 20 heavy (non-hydrogen) atoms. The summed E-state index contributed by atoms with van der Waals surface area (Å²) in [5.41, 5.74) is 6.31. The second-order valence-corrected chi connectivity index (χ2v) is 7.67. The first-order valence-electron chi connectivity index (χ1n) is 7.16. The molecule has 0 aliphatic heterocycles. The molecule has 1 fully saturated rings. The fourth-order valence-corrected chi connectivity index (χ4v) is 3.42. The molecule has 1 aromatic carbocycles. The van der Waals surface area contributed by atoms with Gasteiger partial charge in [-0.2, -0.15) is 0 Å². The van der Waals surface area contributed by atoms with Crippen LogP contribution in [-0.4, -0.2) is 20.8 Å². The molecule has 4 nitrogen and oxygen atoms in total. The van der Waals surface area contributed by atoms with Gasteiger partial charge in [0.2, 0.25) is 0 Å². The summed E-state index contributed by atoms with van der Waals surface area (Å²) in [5.74, 6) is 1.32. The van der Waals surface area contributed by atoms with Crippen LogP contribution in [0.15, 0.2) is 23.1 Å². The summed E-state index contributed by atoms with van der Waals surface area (Å²) < 4.78 is 28.9. The minimum absolute atomic E-state index is 0.195. The standard InChI is InChI=1S/C15H23NO3S/c1-3-11-5-4-6-12(9-11)19-15-8-7-13(10-14(15)16)20(2,17)18/h7-8,10-12H,3-6,9,16H2,1-2H3. The van der Waals surface area contributed by atoms with E-state index in [1.54, 1.807) is 12.1 Å². The average molecular weight is 297 g/mol. The number of anilines is 1. The molecule has 1 aliphatic rings. The van der Waals surface area contributed by atoms with Crippen molar-refractivity contribution in [3.63, 3.8) is 0 Å². The second-order valence-electron chi connectivity index (χ2n) is 5.65. The third-order valence-electron chi connectivity index (χ3n) is 4.02. The number of rotatable bonds is 4. The van der Waals surface area contributed by atoms with Gasteiger partial charge >= 0.3 is 0 Å². The van der Waals surface area contributed by atoms with Crippen molar-refractivity contribution < 1.29 is 13.2 Å². The number of hydrogen-bond acceptors (Lipinski definition) is 4.